The number of carbonyl (C=O) groups is 2. The standard InChI is InChI=1S/C28H29F2N9O3/c29-28(30)13-23(14-28)42-22-11-19(15-31-17-22)12-26(40)34-25-8-7-20(35-37-25)5-2-4-10-39-18-24(36-38-39)27(41)33-16-21-6-1-3-9-32-21/h1,3,6-9,11,15,17-18,23H,2,4-5,10,12-14,16H2,(H,33,41)(H,34,37,40). The number of halogens is 2. The molecule has 0 aromatic carbocycles. The van der Waals surface area contributed by atoms with Gasteiger partial charge >= 0.3 is 0 Å². The van der Waals surface area contributed by atoms with Crippen LogP contribution in [0.3, 0.4) is 0 Å². The minimum Gasteiger partial charge on any atom is -0.488 e. The highest BCUT2D eigenvalue weighted by Gasteiger charge is 2.47. The number of hydrogen-bond acceptors (Lipinski definition) is 9. The summed E-state index contributed by atoms with van der Waals surface area (Å²) < 4.78 is 33.2. The minimum atomic E-state index is -2.67. The topological polar surface area (TPSA) is 150 Å². The lowest BCUT2D eigenvalue weighted by Gasteiger charge is -2.34. The molecule has 1 fully saturated rings. The first-order valence-electron chi connectivity index (χ1n) is 13.5. The van der Waals surface area contributed by atoms with E-state index in [0.717, 1.165) is 24.2 Å². The molecule has 0 aliphatic heterocycles. The predicted molar refractivity (Wildman–Crippen MR) is 146 cm³/mol. The Morgan fingerprint density at radius 1 is 1.05 bits per heavy atom. The number of nitrogens with zero attached hydrogens (tertiary/aromatic N) is 7. The Labute approximate surface area is 239 Å². The number of nitrogens with one attached hydrogen (secondary N) is 2. The van der Waals surface area contributed by atoms with Crippen molar-refractivity contribution >= 4 is 17.6 Å². The smallest absolute Gasteiger partial charge is 0.273 e. The minimum absolute atomic E-state index is 0.0182. The molecule has 0 spiro atoms. The quantitative estimate of drug-likeness (QED) is 0.229. The van der Waals surface area contributed by atoms with Gasteiger partial charge in [0.05, 0.1) is 36.7 Å². The first-order chi connectivity index (χ1) is 20.3. The Balaban J connectivity index is 0.996. The Morgan fingerprint density at radius 2 is 1.93 bits per heavy atom. The van der Waals surface area contributed by atoms with Crippen LogP contribution in [0.5, 0.6) is 5.75 Å². The van der Waals surface area contributed by atoms with Crippen LogP contribution < -0.4 is 15.4 Å². The first kappa shape index (κ1) is 28.6. The van der Waals surface area contributed by atoms with Gasteiger partial charge in [-0.15, -0.1) is 10.2 Å². The van der Waals surface area contributed by atoms with Gasteiger partial charge in [0, 0.05) is 31.8 Å². The second-order valence-electron chi connectivity index (χ2n) is 10.00. The van der Waals surface area contributed by atoms with Crippen molar-refractivity contribution in [2.45, 2.75) is 63.6 Å². The molecule has 0 bridgehead atoms. The van der Waals surface area contributed by atoms with Crippen molar-refractivity contribution in [3.05, 3.63) is 83.8 Å². The zero-order valence-electron chi connectivity index (χ0n) is 22.6. The van der Waals surface area contributed by atoms with Crippen LogP contribution in [0.1, 0.15) is 53.1 Å². The van der Waals surface area contributed by atoms with E-state index in [4.69, 9.17) is 4.74 Å². The molecule has 0 atom stereocenters. The van der Waals surface area contributed by atoms with E-state index in [-0.39, 0.29) is 36.8 Å². The summed E-state index contributed by atoms with van der Waals surface area (Å²) in [4.78, 5) is 32.9. The number of alkyl halides is 2. The van der Waals surface area contributed by atoms with E-state index >= 15 is 0 Å². The van der Waals surface area contributed by atoms with E-state index < -0.39 is 12.0 Å². The number of carbonyl (C=O) groups excluding carboxylic acids is 2. The predicted octanol–water partition coefficient (Wildman–Crippen LogP) is 3.17. The average molecular weight is 578 g/mol. The SMILES string of the molecule is O=C(Cc1cncc(OC2CC(F)(F)C2)c1)Nc1ccc(CCCCn2cc(C(=O)NCc3ccccn3)nn2)nn1. The normalized spacial score (nSPS) is 14.1. The van der Waals surface area contributed by atoms with Gasteiger partial charge in [-0.2, -0.15) is 5.10 Å². The molecule has 1 aliphatic carbocycles. The van der Waals surface area contributed by atoms with Gasteiger partial charge in [0.15, 0.2) is 11.5 Å². The molecule has 4 heterocycles. The van der Waals surface area contributed by atoms with Crippen LogP contribution in [0.2, 0.25) is 0 Å². The highest BCUT2D eigenvalue weighted by atomic mass is 19.3. The molecule has 218 valence electrons. The molecule has 14 heteroatoms. The molecule has 0 saturated heterocycles. The molecule has 0 radical (unpaired) electrons. The first-order valence-corrected chi connectivity index (χ1v) is 13.5. The molecular formula is C28H29F2N9O3. The molecule has 42 heavy (non-hydrogen) atoms. The largest absolute Gasteiger partial charge is 0.488 e. The number of aryl methyl sites for hydroxylation is 2. The summed E-state index contributed by atoms with van der Waals surface area (Å²) in [7, 11) is 0. The summed E-state index contributed by atoms with van der Waals surface area (Å²) in [6.45, 7) is 0.904. The third-order valence-corrected chi connectivity index (χ3v) is 6.47. The van der Waals surface area contributed by atoms with E-state index in [2.05, 4.69) is 41.1 Å². The van der Waals surface area contributed by atoms with Crippen molar-refractivity contribution in [1.29, 1.82) is 0 Å². The summed E-state index contributed by atoms with van der Waals surface area (Å²) in [5.74, 6) is -2.62. The molecule has 12 nitrogen and oxygen atoms in total. The van der Waals surface area contributed by atoms with E-state index in [1.807, 2.05) is 18.2 Å². The fourth-order valence-electron chi connectivity index (χ4n) is 4.30. The second kappa shape index (κ2) is 13.2. The maximum Gasteiger partial charge on any atom is 0.273 e. The Morgan fingerprint density at radius 3 is 2.69 bits per heavy atom. The van der Waals surface area contributed by atoms with Crippen molar-refractivity contribution in [3.8, 4) is 5.75 Å². The van der Waals surface area contributed by atoms with Gasteiger partial charge in [0.2, 0.25) is 5.91 Å². The third kappa shape index (κ3) is 8.32. The van der Waals surface area contributed by atoms with Gasteiger partial charge in [-0.25, -0.2) is 8.78 Å². The van der Waals surface area contributed by atoms with E-state index in [1.54, 1.807) is 35.3 Å². The number of rotatable bonds is 13. The maximum atomic E-state index is 13.0. The van der Waals surface area contributed by atoms with Crippen LogP contribution in [0.25, 0.3) is 0 Å². The highest BCUT2D eigenvalue weighted by Crippen LogP contribution is 2.39. The molecule has 2 N–H and O–H groups in total. The Hall–Kier alpha value is -4.88. The second-order valence-corrected chi connectivity index (χ2v) is 10.00. The van der Waals surface area contributed by atoms with Crippen LogP contribution >= 0.6 is 0 Å². The zero-order chi connectivity index (χ0) is 29.4. The average Bonchev–Trinajstić information content (AvgIpc) is 3.44. The van der Waals surface area contributed by atoms with Crippen molar-refractivity contribution in [3.63, 3.8) is 0 Å². The fourth-order valence-corrected chi connectivity index (χ4v) is 4.30. The summed E-state index contributed by atoms with van der Waals surface area (Å²) in [5, 5.41) is 21.7. The zero-order valence-corrected chi connectivity index (χ0v) is 22.6. The number of pyridine rings is 2. The molecule has 4 aromatic heterocycles. The number of ether oxygens (including phenoxy) is 1. The molecule has 1 aliphatic rings. The van der Waals surface area contributed by atoms with Crippen molar-refractivity contribution in [1.82, 2.24) is 40.5 Å². The molecular weight excluding hydrogens is 548 g/mol. The summed E-state index contributed by atoms with van der Waals surface area (Å²) in [5.41, 5.74) is 2.36. The number of anilines is 1. The monoisotopic (exact) mass is 577 g/mol. The molecule has 1 saturated carbocycles. The van der Waals surface area contributed by atoms with Gasteiger partial charge in [0.1, 0.15) is 11.9 Å². The number of aromatic nitrogens is 7. The summed E-state index contributed by atoms with van der Waals surface area (Å²) in [6, 6.07) is 10.6. The van der Waals surface area contributed by atoms with Gasteiger partial charge in [0.25, 0.3) is 11.8 Å². The van der Waals surface area contributed by atoms with Crippen LogP contribution in [0, 0.1) is 0 Å². The van der Waals surface area contributed by atoms with Gasteiger partial charge in [-0.3, -0.25) is 24.2 Å². The number of amides is 2. The summed E-state index contributed by atoms with van der Waals surface area (Å²) >= 11 is 0. The van der Waals surface area contributed by atoms with E-state index in [9.17, 15) is 18.4 Å². The Bertz CT molecular complexity index is 1490. The lowest BCUT2D eigenvalue weighted by atomic mass is 9.91. The van der Waals surface area contributed by atoms with E-state index in [0.29, 0.717) is 36.6 Å². The maximum absolute atomic E-state index is 13.0. The summed E-state index contributed by atoms with van der Waals surface area (Å²) in [6.07, 6.45) is 7.36. The molecule has 4 aromatic rings. The van der Waals surface area contributed by atoms with Crippen molar-refractivity contribution in [2.75, 3.05) is 5.32 Å². The third-order valence-electron chi connectivity index (χ3n) is 6.47. The fraction of sp³-hybridized carbons (Fsp3) is 0.357. The molecule has 5 rings (SSSR count). The molecule has 2 amide bonds. The lowest BCUT2D eigenvalue weighted by molar-refractivity contribution is -0.134. The van der Waals surface area contributed by atoms with Crippen molar-refractivity contribution < 1.29 is 23.1 Å². The molecule has 0 unspecified atom stereocenters. The van der Waals surface area contributed by atoms with Crippen LogP contribution in [0.4, 0.5) is 14.6 Å². The van der Waals surface area contributed by atoms with Gasteiger partial charge < -0.3 is 15.4 Å². The Kier molecular flexibility index (Phi) is 8.99. The number of unbranched alkanes of at least 4 members (excludes halogenated alkanes) is 1. The van der Waals surface area contributed by atoms with Gasteiger partial charge in [-0.05, 0) is 55.2 Å². The van der Waals surface area contributed by atoms with E-state index in [1.165, 1.54) is 12.4 Å². The van der Waals surface area contributed by atoms with Crippen molar-refractivity contribution in [2.24, 2.45) is 0 Å². The lowest BCUT2D eigenvalue weighted by Crippen LogP contribution is -2.43. The number of hydrogen-bond donors (Lipinski definition) is 2. The highest BCUT2D eigenvalue weighted by molar-refractivity contribution is 5.92. The van der Waals surface area contributed by atoms with Crippen LogP contribution in [-0.2, 0) is 30.7 Å². The van der Waals surface area contributed by atoms with Gasteiger partial charge in [-0.1, -0.05) is 11.3 Å². The van der Waals surface area contributed by atoms with Crippen LogP contribution in [-0.4, -0.2) is 59.0 Å². The van der Waals surface area contributed by atoms with Crippen LogP contribution in [0.15, 0.2) is 61.2 Å².